The molecule has 1 aliphatic rings. The van der Waals surface area contributed by atoms with Gasteiger partial charge in [0, 0.05) is 48.4 Å². The Kier molecular flexibility index (Phi) is 8.59. The van der Waals surface area contributed by atoms with E-state index >= 15 is 0 Å². The Morgan fingerprint density at radius 3 is 2.75 bits per heavy atom. The summed E-state index contributed by atoms with van der Waals surface area (Å²) in [4.78, 5) is 25.2. The zero-order valence-corrected chi connectivity index (χ0v) is 23.8. The summed E-state index contributed by atoms with van der Waals surface area (Å²) >= 11 is 13.0. The molecule has 0 fully saturated rings. The summed E-state index contributed by atoms with van der Waals surface area (Å²) in [6.45, 7) is 3.40. The number of nitrogens with one attached hydrogen (secondary N) is 1. The quantitative estimate of drug-likeness (QED) is 0.248. The minimum absolute atomic E-state index is 0.0885. The second-order valence-corrected chi connectivity index (χ2v) is 10.2. The fourth-order valence-electron chi connectivity index (χ4n) is 5.18. The van der Waals surface area contributed by atoms with E-state index in [1.807, 2.05) is 42.2 Å². The molecule has 0 saturated carbocycles. The zero-order chi connectivity index (χ0) is 28.2. The van der Waals surface area contributed by atoms with E-state index in [2.05, 4.69) is 10.3 Å². The van der Waals surface area contributed by atoms with Gasteiger partial charge in [0.15, 0.2) is 0 Å². The molecule has 0 radical (unpaired) electrons. The Bertz CT molecular complexity index is 1540. The first-order valence-electron chi connectivity index (χ1n) is 13.2. The number of methoxy groups -OCH3 is 1. The Hall–Kier alpha value is -3.59. The van der Waals surface area contributed by atoms with Crippen LogP contribution in [0, 0.1) is 0 Å². The van der Waals surface area contributed by atoms with Crippen molar-refractivity contribution in [3.05, 3.63) is 76.0 Å². The third-order valence-electron chi connectivity index (χ3n) is 6.95. The predicted octanol–water partition coefficient (Wildman–Crippen LogP) is 6.07. The van der Waals surface area contributed by atoms with E-state index in [9.17, 15) is 9.90 Å². The highest BCUT2D eigenvalue weighted by molar-refractivity contribution is 6.44. The summed E-state index contributed by atoms with van der Waals surface area (Å²) in [7, 11) is 1.53. The van der Waals surface area contributed by atoms with E-state index in [0.717, 1.165) is 17.7 Å². The second kappa shape index (κ2) is 12.3. The number of aromatic nitrogens is 2. The number of para-hydroxylation sites is 1. The molecule has 10 heteroatoms. The number of aliphatic hydroxyl groups is 1. The summed E-state index contributed by atoms with van der Waals surface area (Å²) in [5, 5.41) is 14.5. The van der Waals surface area contributed by atoms with Crippen molar-refractivity contribution >= 4 is 45.7 Å². The highest BCUT2D eigenvalue weighted by Gasteiger charge is 2.28. The first kappa shape index (κ1) is 28.0. The van der Waals surface area contributed by atoms with Gasteiger partial charge in [-0.1, -0.05) is 60.5 Å². The third-order valence-corrected chi connectivity index (χ3v) is 7.77. The monoisotopic (exact) mass is 580 g/mol. The van der Waals surface area contributed by atoms with E-state index in [4.69, 9.17) is 37.7 Å². The number of hydrogen-bond acceptors (Lipinski definition) is 7. The number of pyridine rings is 2. The molecule has 0 spiro atoms. The fourth-order valence-corrected chi connectivity index (χ4v) is 5.58. The molecule has 2 aromatic carbocycles. The van der Waals surface area contributed by atoms with Crippen LogP contribution in [0.5, 0.6) is 11.6 Å². The molecule has 0 aliphatic carbocycles. The van der Waals surface area contributed by atoms with Gasteiger partial charge in [-0.3, -0.25) is 9.78 Å². The molecule has 0 bridgehead atoms. The maximum Gasteiger partial charge on any atom is 0.255 e. The Morgan fingerprint density at radius 1 is 1.15 bits per heavy atom. The number of fused-ring (bicyclic) bond motifs is 2. The molecule has 1 unspecified atom stereocenters. The van der Waals surface area contributed by atoms with Crippen molar-refractivity contribution in [2.75, 3.05) is 38.3 Å². The molecule has 2 aromatic heterocycles. The first-order valence-corrected chi connectivity index (χ1v) is 13.9. The van der Waals surface area contributed by atoms with Crippen molar-refractivity contribution in [1.29, 1.82) is 0 Å². The van der Waals surface area contributed by atoms with Crippen molar-refractivity contribution in [1.82, 2.24) is 15.3 Å². The zero-order valence-electron chi connectivity index (χ0n) is 22.3. The van der Waals surface area contributed by atoms with E-state index in [0.29, 0.717) is 75.3 Å². The lowest BCUT2D eigenvalue weighted by atomic mass is 9.99. The van der Waals surface area contributed by atoms with Gasteiger partial charge in [-0.2, -0.15) is 0 Å². The summed E-state index contributed by atoms with van der Waals surface area (Å²) in [5.41, 5.74) is 3.68. The lowest BCUT2D eigenvalue weighted by Crippen LogP contribution is -2.35. The van der Waals surface area contributed by atoms with Crippen LogP contribution >= 0.6 is 23.2 Å². The van der Waals surface area contributed by atoms with E-state index in [1.54, 1.807) is 24.5 Å². The second-order valence-electron chi connectivity index (χ2n) is 9.44. The number of aliphatic hydroxyl groups excluding tert-OH is 1. The lowest BCUT2D eigenvalue weighted by Gasteiger charge is -2.29. The number of anilines is 1. The van der Waals surface area contributed by atoms with Crippen LogP contribution in [0.1, 0.15) is 41.7 Å². The smallest absolute Gasteiger partial charge is 0.255 e. The molecule has 1 aliphatic heterocycles. The number of amides is 1. The topological polar surface area (TPSA) is 96.8 Å². The Morgan fingerprint density at radius 2 is 1.98 bits per heavy atom. The molecule has 5 rings (SSSR count). The van der Waals surface area contributed by atoms with Gasteiger partial charge < -0.3 is 24.8 Å². The standard InChI is InChI=1S/C30H30Cl2N4O4/c1-3-12-36(13-14-37)28-20-16-34-30(39-2)25(19-8-6-9-22(31)26(19)32)27(20)33-17-21(28)29(38)35-23-11-15-40-24-10-5-4-7-18(23)24/h4-10,16-17,23,37H,3,11-15H2,1-2H3,(H,35,38). The summed E-state index contributed by atoms with van der Waals surface area (Å²) < 4.78 is 11.4. The predicted molar refractivity (Wildman–Crippen MR) is 158 cm³/mol. The van der Waals surface area contributed by atoms with Crippen LogP contribution in [0.3, 0.4) is 0 Å². The van der Waals surface area contributed by atoms with Crippen LogP contribution in [-0.2, 0) is 0 Å². The van der Waals surface area contributed by atoms with E-state index < -0.39 is 0 Å². The van der Waals surface area contributed by atoms with Crippen molar-refractivity contribution in [3.8, 4) is 22.8 Å². The average molecular weight is 582 g/mol. The highest BCUT2D eigenvalue weighted by Crippen LogP contribution is 2.43. The number of ether oxygens (including phenoxy) is 2. The molecule has 2 N–H and O–H groups in total. The van der Waals surface area contributed by atoms with E-state index in [-0.39, 0.29) is 18.6 Å². The fraction of sp³-hybridized carbons (Fsp3) is 0.300. The molecular formula is C30H30Cl2N4O4. The van der Waals surface area contributed by atoms with Crippen LogP contribution in [-0.4, -0.2) is 54.4 Å². The number of carbonyl (C=O) groups excluding carboxylic acids is 1. The maximum absolute atomic E-state index is 13.9. The molecule has 40 heavy (non-hydrogen) atoms. The van der Waals surface area contributed by atoms with E-state index in [1.165, 1.54) is 7.11 Å². The number of halogens is 2. The first-order chi connectivity index (χ1) is 19.5. The normalized spacial score (nSPS) is 14.4. The largest absolute Gasteiger partial charge is 0.493 e. The molecule has 1 amide bonds. The van der Waals surface area contributed by atoms with Gasteiger partial charge >= 0.3 is 0 Å². The van der Waals surface area contributed by atoms with Gasteiger partial charge in [0.05, 0.1) is 58.7 Å². The minimum atomic E-state index is -0.275. The summed E-state index contributed by atoms with van der Waals surface area (Å²) in [6, 6.07) is 12.8. The number of hydrogen-bond donors (Lipinski definition) is 2. The number of carbonyl (C=O) groups is 1. The molecule has 8 nitrogen and oxygen atoms in total. The molecule has 208 valence electrons. The molecule has 4 aromatic rings. The van der Waals surface area contributed by atoms with Crippen molar-refractivity contribution < 1.29 is 19.4 Å². The van der Waals surface area contributed by atoms with Crippen molar-refractivity contribution in [2.45, 2.75) is 25.8 Å². The van der Waals surface area contributed by atoms with Crippen molar-refractivity contribution in [2.24, 2.45) is 0 Å². The SMILES string of the molecule is CCCN(CCO)c1c(C(=O)NC2CCOc3ccccc32)cnc2c(-c3cccc(Cl)c3Cl)c(OC)ncc12. The van der Waals surface area contributed by atoms with Gasteiger partial charge in [0.2, 0.25) is 5.88 Å². The average Bonchev–Trinajstić information content (AvgIpc) is 2.97. The number of nitrogens with zero attached hydrogens (tertiary/aromatic N) is 3. The number of benzene rings is 2. The van der Waals surface area contributed by atoms with Crippen molar-refractivity contribution in [3.63, 3.8) is 0 Å². The highest BCUT2D eigenvalue weighted by atomic mass is 35.5. The van der Waals surface area contributed by atoms with Crippen LogP contribution in [0.25, 0.3) is 22.0 Å². The van der Waals surface area contributed by atoms with Gasteiger partial charge in [0.25, 0.3) is 5.91 Å². The van der Waals surface area contributed by atoms with Gasteiger partial charge in [-0.15, -0.1) is 0 Å². The van der Waals surface area contributed by atoms with Crippen LogP contribution < -0.4 is 19.7 Å². The Balaban J connectivity index is 1.69. The number of rotatable bonds is 9. The third kappa shape index (κ3) is 5.27. The minimum Gasteiger partial charge on any atom is -0.493 e. The molecule has 0 saturated heterocycles. The molecular weight excluding hydrogens is 551 g/mol. The summed E-state index contributed by atoms with van der Waals surface area (Å²) in [5.74, 6) is 0.821. The van der Waals surface area contributed by atoms with Crippen LogP contribution in [0.4, 0.5) is 5.69 Å². The van der Waals surface area contributed by atoms with Gasteiger partial charge in [-0.05, 0) is 18.6 Å². The molecule has 1 atom stereocenters. The molecule has 3 heterocycles. The lowest BCUT2D eigenvalue weighted by molar-refractivity contribution is 0.0925. The Labute approximate surface area is 242 Å². The maximum atomic E-state index is 13.9. The van der Waals surface area contributed by atoms with Crippen LogP contribution in [0.15, 0.2) is 54.9 Å². The van der Waals surface area contributed by atoms with Crippen LogP contribution in [0.2, 0.25) is 10.0 Å². The van der Waals surface area contributed by atoms with Gasteiger partial charge in [-0.25, -0.2) is 4.98 Å². The van der Waals surface area contributed by atoms with Gasteiger partial charge in [0.1, 0.15) is 5.75 Å². The summed E-state index contributed by atoms with van der Waals surface area (Å²) in [6.07, 6.45) is 4.66.